The van der Waals surface area contributed by atoms with Crippen LogP contribution in [0.2, 0.25) is 0 Å². The van der Waals surface area contributed by atoms with Crippen LogP contribution in [0.15, 0.2) is 78.9 Å². The molecule has 2 fully saturated rings. The lowest BCUT2D eigenvalue weighted by Crippen LogP contribution is -2.33. The van der Waals surface area contributed by atoms with E-state index in [1.165, 1.54) is 28.7 Å². The molecule has 0 aromatic heterocycles. The summed E-state index contributed by atoms with van der Waals surface area (Å²) in [5.74, 6) is 1.56. The van der Waals surface area contributed by atoms with Crippen molar-refractivity contribution in [2.75, 3.05) is 26.2 Å². The van der Waals surface area contributed by atoms with Crippen LogP contribution in [0, 0.1) is 0 Å². The summed E-state index contributed by atoms with van der Waals surface area (Å²) in [4.78, 5) is 2.47. The Labute approximate surface area is 203 Å². The summed E-state index contributed by atoms with van der Waals surface area (Å²) < 4.78 is 6.02. The molecule has 1 aliphatic carbocycles. The third kappa shape index (κ3) is 6.36. The Morgan fingerprint density at radius 3 is 2.33 bits per heavy atom. The fourth-order valence-electron chi connectivity index (χ4n) is 4.66. The molecular formula is C28H34ClN3O. The van der Waals surface area contributed by atoms with Crippen molar-refractivity contribution in [3.63, 3.8) is 0 Å². The SMILES string of the molecule is Cl.N[C@@H]1CCN(CCN[C@H]2CC2c2ccc(OCc3ccc(-c4ccccc4)cc3)cc2)C1. The second kappa shape index (κ2) is 11.2. The third-order valence-corrected chi connectivity index (χ3v) is 6.71. The third-order valence-electron chi connectivity index (χ3n) is 6.71. The standard InChI is InChI=1S/C28H33N3O.ClH/c29-25-14-16-31(19-25)17-15-30-28-18-27(28)24-10-12-26(13-11-24)32-20-21-6-8-23(9-7-21)22-4-2-1-3-5-22;/h1-13,25,27-28,30H,14-20,29H2;1H/t25-,27?,28+;/m1./s1. The van der Waals surface area contributed by atoms with Crippen molar-refractivity contribution in [3.05, 3.63) is 90.0 Å². The molecule has 5 heteroatoms. The number of nitrogens with zero attached hydrogens (tertiary/aromatic N) is 1. The van der Waals surface area contributed by atoms with Gasteiger partial charge in [-0.1, -0.05) is 66.7 Å². The Bertz CT molecular complexity index is 994. The Morgan fingerprint density at radius 1 is 0.909 bits per heavy atom. The molecule has 4 nitrogen and oxygen atoms in total. The highest BCUT2D eigenvalue weighted by atomic mass is 35.5. The number of hydrogen-bond acceptors (Lipinski definition) is 4. The van der Waals surface area contributed by atoms with Gasteiger partial charge in [-0.3, -0.25) is 0 Å². The first kappa shape index (κ1) is 23.8. The van der Waals surface area contributed by atoms with Crippen LogP contribution in [0.1, 0.15) is 29.9 Å². The Morgan fingerprint density at radius 2 is 1.64 bits per heavy atom. The molecule has 1 aliphatic heterocycles. The van der Waals surface area contributed by atoms with E-state index in [2.05, 4.69) is 83.0 Å². The fraction of sp³-hybridized carbons (Fsp3) is 0.357. The zero-order valence-electron chi connectivity index (χ0n) is 19.0. The van der Waals surface area contributed by atoms with E-state index in [1.807, 2.05) is 6.07 Å². The van der Waals surface area contributed by atoms with Gasteiger partial charge in [0.15, 0.2) is 0 Å². The highest BCUT2D eigenvalue weighted by Crippen LogP contribution is 2.41. The molecule has 0 amide bonds. The molecule has 3 atom stereocenters. The van der Waals surface area contributed by atoms with Gasteiger partial charge < -0.3 is 20.7 Å². The van der Waals surface area contributed by atoms with Gasteiger partial charge in [0.05, 0.1) is 0 Å². The van der Waals surface area contributed by atoms with Crippen molar-refractivity contribution in [1.82, 2.24) is 10.2 Å². The zero-order valence-corrected chi connectivity index (χ0v) is 19.8. The number of hydrogen-bond donors (Lipinski definition) is 2. The number of ether oxygens (including phenoxy) is 1. The minimum Gasteiger partial charge on any atom is -0.489 e. The molecule has 1 heterocycles. The Kier molecular flexibility index (Phi) is 8.05. The maximum atomic E-state index is 6.02. The molecule has 0 radical (unpaired) electrons. The second-order valence-electron chi connectivity index (χ2n) is 9.17. The van der Waals surface area contributed by atoms with Crippen LogP contribution < -0.4 is 15.8 Å². The summed E-state index contributed by atoms with van der Waals surface area (Å²) >= 11 is 0. The van der Waals surface area contributed by atoms with Crippen LogP contribution in [-0.4, -0.2) is 43.2 Å². The smallest absolute Gasteiger partial charge is 0.119 e. The van der Waals surface area contributed by atoms with E-state index in [0.717, 1.165) is 38.3 Å². The first-order chi connectivity index (χ1) is 15.7. The van der Waals surface area contributed by atoms with Crippen LogP contribution in [0.5, 0.6) is 5.75 Å². The van der Waals surface area contributed by atoms with Gasteiger partial charge >= 0.3 is 0 Å². The first-order valence-corrected chi connectivity index (χ1v) is 11.8. The van der Waals surface area contributed by atoms with E-state index < -0.39 is 0 Å². The topological polar surface area (TPSA) is 50.5 Å². The van der Waals surface area contributed by atoms with E-state index >= 15 is 0 Å². The molecular weight excluding hydrogens is 430 g/mol. The van der Waals surface area contributed by atoms with E-state index in [-0.39, 0.29) is 12.4 Å². The maximum absolute atomic E-state index is 6.02. The van der Waals surface area contributed by atoms with Gasteiger partial charge in [0.1, 0.15) is 12.4 Å². The minimum absolute atomic E-state index is 0. The van der Waals surface area contributed by atoms with E-state index in [0.29, 0.717) is 24.6 Å². The van der Waals surface area contributed by atoms with E-state index in [9.17, 15) is 0 Å². The number of nitrogens with one attached hydrogen (secondary N) is 1. The number of halogens is 1. The van der Waals surface area contributed by atoms with Crippen molar-refractivity contribution in [2.45, 2.75) is 37.5 Å². The van der Waals surface area contributed by atoms with Crippen molar-refractivity contribution in [1.29, 1.82) is 0 Å². The lowest BCUT2D eigenvalue weighted by atomic mass is 10.0. The summed E-state index contributed by atoms with van der Waals surface area (Å²) in [6.45, 7) is 4.94. The van der Waals surface area contributed by atoms with Crippen LogP contribution in [0.25, 0.3) is 11.1 Å². The summed E-state index contributed by atoms with van der Waals surface area (Å²) in [6.07, 6.45) is 2.37. The van der Waals surface area contributed by atoms with Gasteiger partial charge in [0.25, 0.3) is 0 Å². The van der Waals surface area contributed by atoms with Gasteiger partial charge in [-0.2, -0.15) is 0 Å². The normalized spacial score (nSPS) is 22.0. The Hall–Kier alpha value is -2.37. The molecule has 3 N–H and O–H groups in total. The van der Waals surface area contributed by atoms with Crippen molar-refractivity contribution in [2.24, 2.45) is 5.73 Å². The predicted molar refractivity (Wildman–Crippen MR) is 138 cm³/mol. The van der Waals surface area contributed by atoms with Crippen molar-refractivity contribution >= 4 is 12.4 Å². The van der Waals surface area contributed by atoms with Gasteiger partial charge in [0, 0.05) is 37.6 Å². The molecule has 33 heavy (non-hydrogen) atoms. The summed E-state index contributed by atoms with van der Waals surface area (Å²) in [5, 5.41) is 3.71. The van der Waals surface area contributed by atoms with Crippen LogP contribution in [0.4, 0.5) is 0 Å². The molecule has 1 unspecified atom stereocenters. The Balaban J connectivity index is 0.00000259. The molecule has 2 aliphatic rings. The monoisotopic (exact) mass is 463 g/mol. The summed E-state index contributed by atoms with van der Waals surface area (Å²) in [7, 11) is 0. The molecule has 1 saturated carbocycles. The van der Waals surface area contributed by atoms with Gasteiger partial charge in [-0.05, 0) is 53.8 Å². The number of likely N-dealkylation sites (tertiary alicyclic amines) is 1. The lowest BCUT2D eigenvalue weighted by molar-refractivity contribution is 0.306. The minimum atomic E-state index is 0. The molecule has 0 spiro atoms. The molecule has 0 bridgehead atoms. The average molecular weight is 464 g/mol. The van der Waals surface area contributed by atoms with Crippen LogP contribution in [-0.2, 0) is 6.61 Å². The number of nitrogens with two attached hydrogens (primary N) is 1. The van der Waals surface area contributed by atoms with Gasteiger partial charge in [0.2, 0.25) is 0 Å². The lowest BCUT2D eigenvalue weighted by Gasteiger charge is -2.15. The molecule has 5 rings (SSSR count). The van der Waals surface area contributed by atoms with Crippen molar-refractivity contribution < 1.29 is 4.74 Å². The second-order valence-corrected chi connectivity index (χ2v) is 9.17. The van der Waals surface area contributed by atoms with Gasteiger partial charge in [-0.15, -0.1) is 12.4 Å². The number of benzene rings is 3. The van der Waals surface area contributed by atoms with Crippen molar-refractivity contribution in [3.8, 4) is 16.9 Å². The van der Waals surface area contributed by atoms with Crippen LogP contribution in [0.3, 0.4) is 0 Å². The van der Waals surface area contributed by atoms with E-state index in [4.69, 9.17) is 10.5 Å². The average Bonchev–Trinajstić information content (AvgIpc) is 3.50. The largest absolute Gasteiger partial charge is 0.489 e. The van der Waals surface area contributed by atoms with Crippen LogP contribution >= 0.6 is 12.4 Å². The highest BCUT2D eigenvalue weighted by molar-refractivity contribution is 5.85. The fourth-order valence-corrected chi connectivity index (χ4v) is 4.66. The van der Waals surface area contributed by atoms with Gasteiger partial charge in [-0.25, -0.2) is 0 Å². The zero-order chi connectivity index (χ0) is 21.8. The first-order valence-electron chi connectivity index (χ1n) is 11.8. The quantitative estimate of drug-likeness (QED) is 0.477. The number of rotatable bonds is 9. The summed E-state index contributed by atoms with van der Waals surface area (Å²) in [5.41, 5.74) is 11.0. The summed E-state index contributed by atoms with van der Waals surface area (Å²) in [6, 6.07) is 28.7. The molecule has 3 aromatic rings. The molecule has 3 aromatic carbocycles. The molecule has 1 saturated heterocycles. The maximum Gasteiger partial charge on any atom is 0.119 e. The molecule has 174 valence electrons. The van der Waals surface area contributed by atoms with E-state index in [1.54, 1.807) is 0 Å². The predicted octanol–water partition coefficient (Wildman–Crippen LogP) is 4.83. The highest BCUT2D eigenvalue weighted by Gasteiger charge is 2.37.